The highest BCUT2D eigenvalue weighted by molar-refractivity contribution is 7.99. The third-order valence-corrected chi connectivity index (χ3v) is 3.22. The summed E-state index contributed by atoms with van der Waals surface area (Å²) in [5.41, 5.74) is 0.891. The molecule has 92 valence electrons. The van der Waals surface area contributed by atoms with Gasteiger partial charge in [0.25, 0.3) is 0 Å². The number of rotatable bonds is 7. The number of hydrogen-bond donors (Lipinski definition) is 1. The number of fused-ring (bicyclic) bond motifs is 1. The molecule has 0 spiro atoms. The predicted molar refractivity (Wildman–Crippen MR) is 68.5 cm³/mol. The fourth-order valence-electron chi connectivity index (χ4n) is 1.43. The van der Waals surface area contributed by atoms with Crippen LogP contribution < -0.4 is 5.32 Å². The van der Waals surface area contributed by atoms with Gasteiger partial charge >= 0.3 is 0 Å². The minimum atomic E-state index is 0.749. The molecule has 17 heavy (non-hydrogen) atoms. The Hall–Kier alpha value is -1.11. The highest BCUT2D eigenvalue weighted by atomic mass is 32.2. The molecule has 0 bridgehead atoms. The number of nitrogens with zero attached hydrogens (tertiary/aromatic N) is 3. The molecule has 0 saturated carbocycles. The first-order chi connectivity index (χ1) is 8.42. The molecule has 0 amide bonds. The van der Waals surface area contributed by atoms with Crippen molar-refractivity contribution in [1.29, 1.82) is 0 Å². The molecule has 0 atom stereocenters. The molecule has 2 aromatic heterocycles. The molecule has 0 aliphatic heterocycles. The zero-order chi connectivity index (χ0) is 11.9. The Morgan fingerprint density at radius 3 is 3.18 bits per heavy atom. The third kappa shape index (κ3) is 3.42. The molecule has 6 heteroatoms. The van der Waals surface area contributed by atoms with Gasteiger partial charge in [-0.25, -0.2) is 0 Å². The van der Waals surface area contributed by atoms with E-state index in [0.717, 1.165) is 36.3 Å². The summed E-state index contributed by atoms with van der Waals surface area (Å²) in [4.78, 5) is 0. The maximum absolute atomic E-state index is 4.96. The van der Waals surface area contributed by atoms with Gasteiger partial charge in [-0.3, -0.25) is 4.40 Å². The fraction of sp³-hybridized carbons (Fsp3) is 0.455. The Bertz CT molecular complexity index is 459. The van der Waals surface area contributed by atoms with Crippen molar-refractivity contribution in [3.8, 4) is 0 Å². The zero-order valence-electron chi connectivity index (χ0n) is 9.80. The van der Waals surface area contributed by atoms with Crippen LogP contribution in [0, 0.1) is 0 Å². The Morgan fingerprint density at radius 1 is 1.35 bits per heavy atom. The lowest BCUT2D eigenvalue weighted by Gasteiger charge is -2.02. The molecule has 0 aliphatic rings. The van der Waals surface area contributed by atoms with Crippen LogP contribution in [0.2, 0.25) is 0 Å². The largest absolute Gasteiger partial charge is 0.383 e. The second kappa shape index (κ2) is 6.58. The second-order valence-corrected chi connectivity index (χ2v) is 4.56. The summed E-state index contributed by atoms with van der Waals surface area (Å²) in [6.07, 6.45) is 1.98. The molecule has 0 radical (unpaired) electrons. The van der Waals surface area contributed by atoms with E-state index in [4.69, 9.17) is 4.74 Å². The molecule has 0 unspecified atom stereocenters. The first kappa shape index (κ1) is 12.3. The van der Waals surface area contributed by atoms with Crippen LogP contribution in [0.3, 0.4) is 0 Å². The van der Waals surface area contributed by atoms with Gasteiger partial charge in [-0.1, -0.05) is 17.8 Å². The average Bonchev–Trinajstić information content (AvgIpc) is 2.77. The summed E-state index contributed by atoms with van der Waals surface area (Å²) in [5, 5.41) is 12.5. The molecular weight excluding hydrogens is 236 g/mol. The summed E-state index contributed by atoms with van der Waals surface area (Å²) in [6, 6.07) is 5.90. The summed E-state index contributed by atoms with van der Waals surface area (Å²) in [6.45, 7) is 2.58. The Morgan fingerprint density at radius 2 is 2.29 bits per heavy atom. The van der Waals surface area contributed by atoms with Crippen LogP contribution in [0.4, 0.5) is 0 Å². The quantitative estimate of drug-likeness (QED) is 0.590. The first-order valence-electron chi connectivity index (χ1n) is 5.54. The van der Waals surface area contributed by atoms with Crippen LogP contribution in [0.25, 0.3) is 5.65 Å². The average molecular weight is 252 g/mol. The smallest absolute Gasteiger partial charge is 0.195 e. The van der Waals surface area contributed by atoms with Gasteiger partial charge < -0.3 is 10.1 Å². The predicted octanol–water partition coefficient (Wildman–Crippen LogP) is 1.06. The van der Waals surface area contributed by atoms with E-state index in [1.807, 2.05) is 28.8 Å². The molecular formula is C11H16N4OS. The van der Waals surface area contributed by atoms with Gasteiger partial charge in [0.05, 0.1) is 6.61 Å². The van der Waals surface area contributed by atoms with Crippen molar-refractivity contribution in [2.24, 2.45) is 0 Å². The molecule has 0 fully saturated rings. The van der Waals surface area contributed by atoms with Crippen molar-refractivity contribution in [1.82, 2.24) is 19.9 Å². The van der Waals surface area contributed by atoms with E-state index in [1.165, 1.54) is 0 Å². The Balaban J connectivity index is 1.79. The summed E-state index contributed by atoms with van der Waals surface area (Å²) in [5.74, 6) is 0.972. The first-order valence-corrected chi connectivity index (χ1v) is 6.52. The lowest BCUT2D eigenvalue weighted by atomic mass is 10.5. The topological polar surface area (TPSA) is 51.5 Å². The normalized spacial score (nSPS) is 11.1. The van der Waals surface area contributed by atoms with Crippen LogP contribution in [-0.2, 0) is 4.74 Å². The number of thioether (sulfide) groups is 1. The van der Waals surface area contributed by atoms with Crippen molar-refractivity contribution in [2.45, 2.75) is 5.16 Å². The van der Waals surface area contributed by atoms with E-state index >= 15 is 0 Å². The molecule has 5 nitrogen and oxygen atoms in total. The van der Waals surface area contributed by atoms with Crippen LogP contribution in [-0.4, -0.2) is 47.2 Å². The van der Waals surface area contributed by atoms with Crippen LogP contribution in [0.5, 0.6) is 0 Å². The van der Waals surface area contributed by atoms with E-state index in [1.54, 1.807) is 18.9 Å². The van der Waals surface area contributed by atoms with Crippen molar-refractivity contribution in [2.75, 3.05) is 32.6 Å². The van der Waals surface area contributed by atoms with E-state index in [2.05, 4.69) is 15.5 Å². The van der Waals surface area contributed by atoms with Crippen LogP contribution >= 0.6 is 11.8 Å². The van der Waals surface area contributed by atoms with Crippen molar-refractivity contribution < 1.29 is 4.74 Å². The lowest BCUT2D eigenvalue weighted by molar-refractivity contribution is 0.200. The monoisotopic (exact) mass is 252 g/mol. The Kier molecular flexibility index (Phi) is 4.78. The molecule has 0 saturated heterocycles. The van der Waals surface area contributed by atoms with Crippen LogP contribution in [0.15, 0.2) is 29.6 Å². The van der Waals surface area contributed by atoms with Gasteiger partial charge in [-0.05, 0) is 12.1 Å². The fourth-order valence-corrected chi connectivity index (χ4v) is 2.25. The number of aromatic nitrogens is 3. The number of methoxy groups -OCH3 is 1. The van der Waals surface area contributed by atoms with Gasteiger partial charge in [0.1, 0.15) is 0 Å². The number of pyridine rings is 1. The standard InChI is InChI=1S/C11H16N4OS/c1-16-8-5-12-6-9-17-11-14-13-10-4-2-3-7-15(10)11/h2-4,7,12H,5-6,8-9H2,1H3. The van der Waals surface area contributed by atoms with Crippen molar-refractivity contribution in [3.63, 3.8) is 0 Å². The zero-order valence-corrected chi connectivity index (χ0v) is 10.6. The second-order valence-electron chi connectivity index (χ2n) is 3.50. The van der Waals surface area contributed by atoms with Crippen LogP contribution in [0.1, 0.15) is 0 Å². The number of ether oxygens (including phenoxy) is 1. The molecule has 0 aromatic carbocycles. The van der Waals surface area contributed by atoms with Gasteiger partial charge in [-0.15, -0.1) is 10.2 Å². The lowest BCUT2D eigenvalue weighted by Crippen LogP contribution is -2.21. The van der Waals surface area contributed by atoms with Gasteiger partial charge in [0.15, 0.2) is 10.8 Å². The molecule has 2 heterocycles. The molecule has 0 aliphatic carbocycles. The Labute approximate surface area is 105 Å². The van der Waals surface area contributed by atoms with Gasteiger partial charge in [0.2, 0.25) is 0 Å². The van der Waals surface area contributed by atoms with Crippen molar-refractivity contribution in [3.05, 3.63) is 24.4 Å². The van der Waals surface area contributed by atoms with Gasteiger partial charge in [0, 0.05) is 32.1 Å². The van der Waals surface area contributed by atoms with Gasteiger partial charge in [-0.2, -0.15) is 0 Å². The molecule has 1 N–H and O–H groups in total. The third-order valence-electron chi connectivity index (χ3n) is 2.28. The molecule has 2 rings (SSSR count). The summed E-state index contributed by atoms with van der Waals surface area (Å²) in [7, 11) is 1.71. The van der Waals surface area contributed by atoms with E-state index in [0.29, 0.717) is 0 Å². The SMILES string of the molecule is COCCNCCSc1nnc2ccccn12. The van der Waals surface area contributed by atoms with E-state index < -0.39 is 0 Å². The summed E-state index contributed by atoms with van der Waals surface area (Å²) < 4.78 is 6.96. The number of nitrogens with one attached hydrogen (secondary N) is 1. The highest BCUT2D eigenvalue weighted by Crippen LogP contribution is 2.15. The summed E-state index contributed by atoms with van der Waals surface area (Å²) >= 11 is 1.70. The molecule has 2 aromatic rings. The minimum Gasteiger partial charge on any atom is -0.383 e. The minimum absolute atomic E-state index is 0.749. The van der Waals surface area contributed by atoms with Crippen molar-refractivity contribution >= 4 is 17.4 Å². The maximum atomic E-state index is 4.96. The highest BCUT2D eigenvalue weighted by Gasteiger charge is 2.03. The maximum Gasteiger partial charge on any atom is 0.195 e. The van der Waals surface area contributed by atoms with E-state index in [-0.39, 0.29) is 0 Å². The van der Waals surface area contributed by atoms with E-state index in [9.17, 15) is 0 Å². The number of hydrogen-bond acceptors (Lipinski definition) is 5.